The molecule has 0 saturated heterocycles. The Morgan fingerprint density at radius 1 is 1.15 bits per heavy atom. The molecule has 0 N–H and O–H groups in total. The summed E-state index contributed by atoms with van der Waals surface area (Å²) in [5.74, 6) is 0.00286. The highest BCUT2D eigenvalue weighted by Crippen LogP contribution is 2.37. The topological polar surface area (TPSA) is 66.2 Å². The number of carbonyl (C=O) groups excluding carboxylic acids is 1. The number of carbonyl (C=O) groups is 1. The van der Waals surface area contributed by atoms with E-state index in [0.29, 0.717) is 40.4 Å². The van der Waals surface area contributed by atoms with Gasteiger partial charge in [0.05, 0.1) is 31.0 Å². The largest absolute Gasteiger partial charge is 0.496 e. The van der Waals surface area contributed by atoms with Crippen LogP contribution in [0.15, 0.2) is 54.7 Å². The van der Waals surface area contributed by atoms with E-state index < -0.39 is 0 Å². The maximum Gasteiger partial charge on any atom is 0.259 e. The second-order valence-corrected chi connectivity index (χ2v) is 6.08. The number of anilines is 1. The molecule has 0 saturated carbocycles. The molecule has 1 aromatic heterocycles. The predicted molar refractivity (Wildman–Crippen MR) is 97.9 cm³/mol. The standard InChI is InChI=1S/C21H14FN3O2/c1-27-19-10-13(11-23)2-7-17(19)20-18-12-25(15-5-3-14(22)4-6-15)21(26)16(18)8-9-24-20/h2-10H,12H2,1H3. The third-order valence-electron chi connectivity index (χ3n) is 4.57. The third-order valence-corrected chi connectivity index (χ3v) is 4.57. The van der Waals surface area contributed by atoms with Crippen molar-refractivity contribution in [2.24, 2.45) is 0 Å². The Morgan fingerprint density at radius 3 is 2.63 bits per heavy atom. The highest BCUT2D eigenvalue weighted by atomic mass is 19.1. The zero-order valence-electron chi connectivity index (χ0n) is 14.4. The maximum absolute atomic E-state index is 13.2. The number of methoxy groups -OCH3 is 1. The van der Waals surface area contributed by atoms with Gasteiger partial charge in [0.1, 0.15) is 11.6 Å². The number of fused-ring (bicyclic) bond motifs is 1. The van der Waals surface area contributed by atoms with Gasteiger partial charge >= 0.3 is 0 Å². The molecule has 3 aromatic rings. The minimum atomic E-state index is -0.354. The molecule has 0 unspecified atom stereocenters. The van der Waals surface area contributed by atoms with Crippen LogP contribution in [0.4, 0.5) is 10.1 Å². The Balaban J connectivity index is 1.80. The predicted octanol–water partition coefficient (Wildman–Crippen LogP) is 3.93. The molecule has 6 heteroatoms. The van der Waals surface area contributed by atoms with Crippen LogP contribution in [0.5, 0.6) is 5.75 Å². The smallest absolute Gasteiger partial charge is 0.259 e. The summed E-state index contributed by atoms with van der Waals surface area (Å²) in [6.45, 7) is 0.326. The van der Waals surface area contributed by atoms with E-state index in [0.717, 1.165) is 5.56 Å². The highest BCUT2D eigenvalue weighted by molar-refractivity contribution is 6.11. The van der Waals surface area contributed by atoms with Crippen molar-refractivity contribution < 1.29 is 13.9 Å². The summed E-state index contributed by atoms with van der Waals surface area (Å²) >= 11 is 0. The fourth-order valence-corrected chi connectivity index (χ4v) is 3.25. The van der Waals surface area contributed by atoms with Crippen LogP contribution in [-0.4, -0.2) is 18.0 Å². The second-order valence-electron chi connectivity index (χ2n) is 6.08. The monoisotopic (exact) mass is 359 g/mol. The van der Waals surface area contributed by atoms with Crippen LogP contribution in [0.3, 0.4) is 0 Å². The van der Waals surface area contributed by atoms with Gasteiger partial charge in [-0.25, -0.2) is 4.39 Å². The van der Waals surface area contributed by atoms with Gasteiger partial charge in [0.15, 0.2) is 0 Å². The van der Waals surface area contributed by atoms with Crippen molar-refractivity contribution in [2.75, 3.05) is 12.0 Å². The summed E-state index contributed by atoms with van der Waals surface area (Å²) in [6.07, 6.45) is 1.58. The summed E-state index contributed by atoms with van der Waals surface area (Å²) in [5, 5.41) is 9.09. The quantitative estimate of drug-likeness (QED) is 0.711. The molecule has 5 nitrogen and oxygen atoms in total. The lowest BCUT2D eigenvalue weighted by molar-refractivity contribution is 0.0996. The van der Waals surface area contributed by atoms with Crippen LogP contribution in [0.1, 0.15) is 21.5 Å². The summed E-state index contributed by atoms with van der Waals surface area (Å²) in [6, 6.07) is 14.7. The lowest BCUT2D eigenvalue weighted by atomic mass is 10.0. The number of hydrogen-bond acceptors (Lipinski definition) is 4. The van der Waals surface area contributed by atoms with E-state index in [2.05, 4.69) is 11.1 Å². The fourth-order valence-electron chi connectivity index (χ4n) is 3.25. The Hall–Kier alpha value is -3.72. The molecular formula is C21H14FN3O2. The van der Waals surface area contributed by atoms with Crippen LogP contribution in [0, 0.1) is 17.1 Å². The maximum atomic E-state index is 13.2. The van der Waals surface area contributed by atoms with Crippen molar-refractivity contribution >= 4 is 11.6 Å². The normalized spacial score (nSPS) is 12.6. The molecule has 0 aliphatic carbocycles. The first-order valence-corrected chi connectivity index (χ1v) is 8.26. The first-order chi connectivity index (χ1) is 13.1. The molecular weight excluding hydrogens is 345 g/mol. The van der Waals surface area contributed by atoms with Crippen molar-refractivity contribution in [3.8, 4) is 23.1 Å². The Bertz CT molecular complexity index is 1090. The number of benzene rings is 2. The van der Waals surface area contributed by atoms with Crippen molar-refractivity contribution in [3.63, 3.8) is 0 Å². The fraction of sp³-hybridized carbons (Fsp3) is 0.0952. The van der Waals surface area contributed by atoms with E-state index in [1.165, 1.54) is 19.2 Å². The molecule has 0 atom stereocenters. The molecule has 0 fully saturated rings. The van der Waals surface area contributed by atoms with Gasteiger partial charge in [-0.05, 0) is 48.5 Å². The van der Waals surface area contributed by atoms with Crippen LogP contribution >= 0.6 is 0 Å². The SMILES string of the molecule is COc1cc(C#N)ccc1-c1nccc2c1CN(c1ccc(F)cc1)C2=O. The summed E-state index contributed by atoms with van der Waals surface area (Å²) < 4.78 is 18.6. The van der Waals surface area contributed by atoms with Crippen molar-refractivity contribution in [2.45, 2.75) is 6.54 Å². The number of ether oxygens (including phenoxy) is 1. The summed E-state index contributed by atoms with van der Waals surface area (Å²) in [5.41, 5.74) is 3.77. The van der Waals surface area contributed by atoms with Crippen LogP contribution < -0.4 is 9.64 Å². The van der Waals surface area contributed by atoms with Crippen molar-refractivity contribution in [3.05, 3.63) is 77.2 Å². The van der Waals surface area contributed by atoms with Gasteiger partial charge in [0, 0.05) is 28.6 Å². The third kappa shape index (κ3) is 2.79. The summed E-state index contributed by atoms with van der Waals surface area (Å²) in [7, 11) is 1.53. The Kier molecular flexibility index (Phi) is 4.05. The van der Waals surface area contributed by atoms with Gasteiger partial charge in [0.2, 0.25) is 0 Å². The highest BCUT2D eigenvalue weighted by Gasteiger charge is 2.32. The first-order valence-electron chi connectivity index (χ1n) is 8.26. The number of halogens is 1. The number of pyridine rings is 1. The van der Waals surface area contributed by atoms with Crippen molar-refractivity contribution in [1.82, 2.24) is 4.98 Å². The van der Waals surface area contributed by atoms with Gasteiger partial charge in [-0.2, -0.15) is 5.26 Å². The Labute approximate surface area is 155 Å². The number of amides is 1. The number of nitrogens with zero attached hydrogens (tertiary/aromatic N) is 3. The van der Waals surface area contributed by atoms with Gasteiger partial charge in [0.25, 0.3) is 5.91 Å². The molecule has 4 rings (SSSR count). The van der Waals surface area contributed by atoms with Crippen molar-refractivity contribution in [1.29, 1.82) is 5.26 Å². The van der Waals surface area contributed by atoms with E-state index in [-0.39, 0.29) is 11.7 Å². The molecule has 1 amide bonds. The lowest BCUT2D eigenvalue weighted by Gasteiger charge is -2.16. The van der Waals surface area contributed by atoms with Gasteiger partial charge in [-0.1, -0.05) is 0 Å². The van der Waals surface area contributed by atoms with Gasteiger partial charge < -0.3 is 9.64 Å². The molecule has 2 heterocycles. The van der Waals surface area contributed by atoms with E-state index in [4.69, 9.17) is 10.00 Å². The Morgan fingerprint density at radius 2 is 1.93 bits per heavy atom. The number of rotatable bonds is 3. The van der Waals surface area contributed by atoms with E-state index in [9.17, 15) is 9.18 Å². The van der Waals surface area contributed by atoms with E-state index in [1.54, 1.807) is 47.5 Å². The second kappa shape index (κ2) is 6.54. The summed E-state index contributed by atoms with van der Waals surface area (Å²) in [4.78, 5) is 18.9. The average molecular weight is 359 g/mol. The molecule has 1 aliphatic rings. The minimum Gasteiger partial charge on any atom is -0.496 e. The minimum absolute atomic E-state index is 0.159. The lowest BCUT2D eigenvalue weighted by Crippen LogP contribution is -2.22. The molecule has 0 spiro atoms. The van der Waals surface area contributed by atoms with Gasteiger partial charge in [-0.3, -0.25) is 9.78 Å². The van der Waals surface area contributed by atoms with Crippen LogP contribution in [0.2, 0.25) is 0 Å². The van der Waals surface area contributed by atoms with E-state index in [1.807, 2.05) is 0 Å². The molecule has 2 aromatic carbocycles. The van der Waals surface area contributed by atoms with Gasteiger partial charge in [-0.15, -0.1) is 0 Å². The molecule has 1 aliphatic heterocycles. The molecule has 0 bridgehead atoms. The van der Waals surface area contributed by atoms with E-state index >= 15 is 0 Å². The number of aromatic nitrogens is 1. The number of nitriles is 1. The first kappa shape index (κ1) is 16.7. The average Bonchev–Trinajstić information content (AvgIpc) is 3.05. The van der Waals surface area contributed by atoms with Crippen LogP contribution in [-0.2, 0) is 6.54 Å². The molecule has 0 radical (unpaired) electrons. The zero-order valence-corrected chi connectivity index (χ0v) is 14.4. The molecule has 27 heavy (non-hydrogen) atoms. The van der Waals surface area contributed by atoms with Crippen LogP contribution in [0.25, 0.3) is 11.3 Å². The molecule has 132 valence electrons. The number of hydrogen-bond donors (Lipinski definition) is 0. The zero-order chi connectivity index (χ0) is 19.0.